The Morgan fingerprint density at radius 2 is 1.96 bits per heavy atom. The van der Waals surface area contributed by atoms with Crippen molar-refractivity contribution in [2.24, 2.45) is 5.41 Å². The second-order valence-electron chi connectivity index (χ2n) is 9.09. The molecule has 28 heavy (non-hydrogen) atoms. The smallest absolute Gasteiger partial charge is 0.323 e. The van der Waals surface area contributed by atoms with Gasteiger partial charge < -0.3 is 9.30 Å². The minimum atomic E-state index is -0.326. The molecule has 0 unspecified atom stereocenters. The van der Waals surface area contributed by atoms with Crippen molar-refractivity contribution < 1.29 is 14.3 Å². The zero-order chi connectivity index (χ0) is 20.1. The van der Waals surface area contributed by atoms with Crippen LogP contribution >= 0.6 is 0 Å². The highest BCUT2D eigenvalue weighted by atomic mass is 16.5. The van der Waals surface area contributed by atoms with Crippen molar-refractivity contribution in [3.63, 3.8) is 0 Å². The average Bonchev–Trinajstić information content (AvgIpc) is 2.99. The fourth-order valence-electron chi connectivity index (χ4n) is 4.74. The van der Waals surface area contributed by atoms with E-state index in [4.69, 9.17) is 4.74 Å². The number of para-hydroxylation sites is 1. The van der Waals surface area contributed by atoms with Crippen molar-refractivity contribution >= 4 is 22.7 Å². The highest BCUT2D eigenvalue weighted by Crippen LogP contribution is 2.45. The standard InChI is InChI=1S/C23H30N2O3/c1-5-28-22(27)18-13-16-15-8-6-7-9-19(15)25-14(12-20(26)23(2,3)4)10-11-17(24-18)21(16)25/h6-9,14,17-18,24H,5,10-13H2,1-4H3/t14-,17+,18+/m1/s1. The van der Waals surface area contributed by atoms with Crippen LogP contribution in [0.3, 0.4) is 0 Å². The third-order valence-electron chi connectivity index (χ3n) is 6.18. The van der Waals surface area contributed by atoms with Crippen LogP contribution in [-0.4, -0.2) is 29.0 Å². The van der Waals surface area contributed by atoms with Crippen LogP contribution in [0.2, 0.25) is 0 Å². The minimum absolute atomic E-state index is 0.131. The van der Waals surface area contributed by atoms with Crippen LogP contribution < -0.4 is 5.32 Å². The molecule has 4 rings (SSSR count). The van der Waals surface area contributed by atoms with Gasteiger partial charge in [0.2, 0.25) is 0 Å². The molecule has 0 aliphatic carbocycles. The minimum Gasteiger partial charge on any atom is -0.465 e. The van der Waals surface area contributed by atoms with Gasteiger partial charge in [0, 0.05) is 46.9 Å². The number of benzene rings is 1. The molecule has 5 heteroatoms. The van der Waals surface area contributed by atoms with E-state index in [0.717, 1.165) is 12.8 Å². The van der Waals surface area contributed by atoms with Crippen LogP contribution in [0.1, 0.15) is 70.3 Å². The maximum absolute atomic E-state index is 12.8. The molecule has 1 aromatic heterocycles. The van der Waals surface area contributed by atoms with Gasteiger partial charge in [-0.3, -0.25) is 14.9 Å². The van der Waals surface area contributed by atoms with Crippen LogP contribution in [0.25, 0.3) is 10.9 Å². The fourth-order valence-corrected chi connectivity index (χ4v) is 4.74. The lowest BCUT2D eigenvalue weighted by molar-refractivity contribution is -0.146. The summed E-state index contributed by atoms with van der Waals surface area (Å²) in [6.45, 7) is 8.23. The van der Waals surface area contributed by atoms with Gasteiger partial charge in [0.05, 0.1) is 6.61 Å². The van der Waals surface area contributed by atoms with Crippen molar-refractivity contribution in [3.05, 3.63) is 35.5 Å². The summed E-state index contributed by atoms with van der Waals surface area (Å²) in [6.07, 6.45) is 3.06. The number of nitrogens with zero attached hydrogens (tertiary/aromatic N) is 1. The van der Waals surface area contributed by atoms with Gasteiger partial charge in [0.1, 0.15) is 11.8 Å². The van der Waals surface area contributed by atoms with Crippen LogP contribution in [0.15, 0.2) is 24.3 Å². The lowest BCUT2D eigenvalue weighted by Gasteiger charge is -2.38. The maximum atomic E-state index is 12.8. The number of carbonyl (C=O) groups is 2. The molecule has 0 spiro atoms. The fraction of sp³-hybridized carbons (Fsp3) is 0.565. The first-order valence-corrected chi connectivity index (χ1v) is 10.4. The summed E-state index contributed by atoms with van der Waals surface area (Å²) in [6, 6.07) is 8.40. The molecule has 0 bridgehead atoms. The second kappa shape index (κ2) is 7.03. The summed E-state index contributed by atoms with van der Waals surface area (Å²) in [5, 5.41) is 4.72. The summed E-state index contributed by atoms with van der Waals surface area (Å²) in [5.41, 5.74) is 3.35. The summed E-state index contributed by atoms with van der Waals surface area (Å²) in [4.78, 5) is 25.2. The normalized spacial score (nSPS) is 24.1. The topological polar surface area (TPSA) is 60.3 Å². The highest BCUT2D eigenvalue weighted by molar-refractivity contribution is 5.89. The first-order valence-electron chi connectivity index (χ1n) is 10.4. The number of Topliss-reactive ketones (excluding diaryl/α,β-unsaturated/α-hetero) is 1. The van der Waals surface area contributed by atoms with Crippen molar-refractivity contribution in [2.75, 3.05) is 6.61 Å². The summed E-state index contributed by atoms with van der Waals surface area (Å²) < 4.78 is 7.67. The Morgan fingerprint density at radius 3 is 2.68 bits per heavy atom. The quantitative estimate of drug-likeness (QED) is 0.809. The van der Waals surface area contributed by atoms with Gasteiger partial charge in [-0.1, -0.05) is 39.0 Å². The molecule has 1 aromatic carbocycles. The van der Waals surface area contributed by atoms with E-state index in [1.165, 1.54) is 22.2 Å². The molecule has 0 fully saturated rings. The Balaban J connectivity index is 1.78. The van der Waals surface area contributed by atoms with E-state index in [2.05, 4.69) is 34.1 Å². The average molecular weight is 383 g/mol. The molecule has 0 amide bonds. The van der Waals surface area contributed by atoms with Crippen molar-refractivity contribution in [1.29, 1.82) is 0 Å². The van der Waals surface area contributed by atoms with Gasteiger partial charge in [-0.05, 0) is 31.4 Å². The van der Waals surface area contributed by atoms with E-state index in [0.29, 0.717) is 25.2 Å². The Labute approximate surface area is 166 Å². The molecule has 2 aromatic rings. The number of ketones is 1. The molecular formula is C23H30N2O3. The number of nitrogens with one attached hydrogen (secondary N) is 1. The zero-order valence-corrected chi connectivity index (χ0v) is 17.2. The Hall–Kier alpha value is -2.14. The van der Waals surface area contributed by atoms with E-state index in [9.17, 15) is 9.59 Å². The number of fused-ring (bicyclic) bond motifs is 3. The van der Waals surface area contributed by atoms with Gasteiger partial charge in [0.15, 0.2) is 0 Å². The predicted octanol–water partition coefficient (Wildman–Crippen LogP) is 4.10. The lowest BCUT2D eigenvalue weighted by atomic mass is 9.83. The Bertz CT molecular complexity index is 922. The largest absolute Gasteiger partial charge is 0.465 e. The predicted molar refractivity (Wildman–Crippen MR) is 109 cm³/mol. The first kappa shape index (κ1) is 19.2. The van der Waals surface area contributed by atoms with Crippen molar-refractivity contribution in [1.82, 2.24) is 9.88 Å². The van der Waals surface area contributed by atoms with Gasteiger partial charge in [-0.15, -0.1) is 0 Å². The summed E-state index contributed by atoms with van der Waals surface area (Å²) >= 11 is 0. The number of hydrogen-bond acceptors (Lipinski definition) is 4. The van der Waals surface area contributed by atoms with Crippen LogP contribution in [0, 0.1) is 5.41 Å². The number of ether oxygens (including phenoxy) is 1. The third-order valence-corrected chi connectivity index (χ3v) is 6.18. The summed E-state index contributed by atoms with van der Waals surface area (Å²) in [7, 11) is 0. The van der Waals surface area contributed by atoms with E-state index < -0.39 is 0 Å². The van der Waals surface area contributed by atoms with Crippen molar-refractivity contribution in [2.45, 2.75) is 71.5 Å². The Kier molecular flexibility index (Phi) is 4.82. The molecular weight excluding hydrogens is 352 g/mol. The van der Waals surface area contributed by atoms with Gasteiger partial charge in [-0.2, -0.15) is 0 Å². The molecule has 2 aliphatic heterocycles. The number of hydrogen-bond donors (Lipinski definition) is 1. The first-order chi connectivity index (χ1) is 13.3. The lowest BCUT2D eigenvalue weighted by Crippen LogP contribution is -2.47. The number of aromatic nitrogens is 1. The van der Waals surface area contributed by atoms with Gasteiger partial charge >= 0.3 is 5.97 Å². The monoisotopic (exact) mass is 382 g/mol. The van der Waals surface area contributed by atoms with Gasteiger partial charge in [-0.25, -0.2) is 0 Å². The van der Waals surface area contributed by atoms with E-state index in [-0.39, 0.29) is 29.5 Å². The number of rotatable bonds is 4. The van der Waals surface area contributed by atoms with Crippen LogP contribution in [0.4, 0.5) is 0 Å². The summed E-state index contributed by atoms with van der Waals surface area (Å²) in [5.74, 6) is 0.130. The number of carbonyl (C=O) groups excluding carboxylic acids is 2. The molecule has 0 radical (unpaired) electrons. The molecule has 2 aliphatic rings. The second-order valence-corrected chi connectivity index (χ2v) is 9.09. The third kappa shape index (κ3) is 3.16. The molecule has 3 heterocycles. The maximum Gasteiger partial charge on any atom is 0.323 e. The molecule has 3 atom stereocenters. The number of esters is 1. The van der Waals surface area contributed by atoms with E-state index in [1.807, 2.05) is 27.7 Å². The molecule has 5 nitrogen and oxygen atoms in total. The molecule has 1 N–H and O–H groups in total. The van der Waals surface area contributed by atoms with Crippen molar-refractivity contribution in [3.8, 4) is 0 Å². The Morgan fingerprint density at radius 1 is 1.21 bits per heavy atom. The zero-order valence-electron chi connectivity index (χ0n) is 17.2. The SMILES string of the molecule is CCOC(=O)[C@@H]1Cc2c3n(c4ccccc24)[C@@H](CC(=O)C(C)(C)C)CC[C@@H]3N1. The molecule has 0 saturated heterocycles. The van der Waals surface area contributed by atoms with Crippen LogP contribution in [0.5, 0.6) is 0 Å². The van der Waals surface area contributed by atoms with E-state index in [1.54, 1.807) is 0 Å². The van der Waals surface area contributed by atoms with E-state index >= 15 is 0 Å². The van der Waals surface area contributed by atoms with Crippen LogP contribution in [-0.2, 0) is 20.7 Å². The molecule has 0 saturated carbocycles. The highest BCUT2D eigenvalue weighted by Gasteiger charge is 2.40. The molecule has 150 valence electrons. The van der Waals surface area contributed by atoms with Gasteiger partial charge in [0.25, 0.3) is 0 Å².